The average Bonchev–Trinajstić information content (AvgIpc) is 2.46. The van der Waals surface area contributed by atoms with E-state index in [4.69, 9.17) is 11.6 Å². The van der Waals surface area contributed by atoms with Gasteiger partial charge in [0, 0.05) is 17.9 Å². The summed E-state index contributed by atoms with van der Waals surface area (Å²) >= 11 is 5.94. The SMILES string of the molecule is CC(=O)NC(c1ccc(C)cc1)C(C)c1ccc(Cl)cc1. The second kappa shape index (κ2) is 6.77. The Morgan fingerprint density at radius 1 is 1.00 bits per heavy atom. The lowest BCUT2D eigenvalue weighted by Gasteiger charge is -2.26. The molecule has 0 heterocycles. The Bertz CT molecular complexity index is 604. The van der Waals surface area contributed by atoms with E-state index in [1.807, 2.05) is 24.3 Å². The smallest absolute Gasteiger partial charge is 0.217 e. The van der Waals surface area contributed by atoms with Gasteiger partial charge in [0.2, 0.25) is 5.91 Å². The van der Waals surface area contributed by atoms with Crippen molar-refractivity contribution >= 4 is 17.5 Å². The van der Waals surface area contributed by atoms with Crippen molar-refractivity contribution in [2.45, 2.75) is 32.7 Å². The first-order valence-electron chi connectivity index (χ1n) is 7.06. The number of hydrogen-bond donors (Lipinski definition) is 1. The van der Waals surface area contributed by atoms with Crippen molar-refractivity contribution in [3.63, 3.8) is 0 Å². The molecule has 0 aliphatic rings. The number of hydrogen-bond acceptors (Lipinski definition) is 1. The van der Waals surface area contributed by atoms with Gasteiger partial charge in [0.05, 0.1) is 6.04 Å². The van der Waals surface area contributed by atoms with E-state index >= 15 is 0 Å². The molecule has 3 heteroatoms. The topological polar surface area (TPSA) is 29.1 Å². The second-order valence-electron chi connectivity index (χ2n) is 5.43. The van der Waals surface area contributed by atoms with E-state index in [1.54, 1.807) is 6.92 Å². The number of nitrogens with one attached hydrogen (secondary N) is 1. The summed E-state index contributed by atoms with van der Waals surface area (Å²) in [6.07, 6.45) is 0. The first kappa shape index (κ1) is 15.6. The summed E-state index contributed by atoms with van der Waals surface area (Å²) in [6.45, 7) is 5.72. The lowest BCUT2D eigenvalue weighted by atomic mass is 9.88. The third kappa shape index (κ3) is 4.08. The number of benzene rings is 2. The van der Waals surface area contributed by atoms with Crippen LogP contribution in [0.4, 0.5) is 0 Å². The molecule has 0 aliphatic carbocycles. The van der Waals surface area contributed by atoms with Crippen molar-refractivity contribution in [3.8, 4) is 0 Å². The number of halogens is 1. The Hall–Kier alpha value is -1.80. The fourth-order valence-corrected chi connectivity index (χ4v) is 2.57. The van der Waals surface area contributed by atoms with Gasteiger partial charge in [-0.05, 0) is 30.2 Å². The van der Waals surface area contributed by atoms with E-state index in [0.29, 0.717) is 0 Å². The molecule has 0 saturated heterocycles. The fourth-order valence-electron chi connectivity index (χ4n) is 2.45. The second-order valence-corrected chi connectivity index (χ2v) is 5.87. The van der Waals surface area contributed by atoms with Crippen molar-refractivity contribution in [2.75, 3.05) is 0 Å². The summed E-state index contributed by atoms with van der Waals surface area (Å²) in [5.74, 6) is 0.135. The summed E-state index contributed by atoms with van der Waals surface area (Å²) in [6, 6.07) is 16.0. The van der Waals surface area contributed by atoms with Gasteiger partial charge >= 0.3 is 0 Å². The van der Waals surface area contributed by atoms with Crippen LogP contribution in [0.5, 0.6) is 0 Å². The van der Waals surface area contributed by atoms with Crippen LogP contribution in [0, 0.1) is 6.92 Å². The van der Waals surface area contributed by atoms with E-state index in [9.17, 15) is 4.79 Å². The first-order valence-corrected chi connectivity index (χ1v) is 7.44. The Balaban J connectivity index is 2.32. The first-order chi connectivity index (χ1) is 9.97. The minimum Gasteiger partial charge on any atom is -0.349 e. The van der Waals surface area contributed by atoms with E-state index in [-0.39, 0.29) is 17.9 Å². The van der Waals surface area contributed by atoms with E-state index in [1.165, 1.54) is 5.56 Å². The van der Waals surface area contributed by atoms with Crippen molar-refractivity contribution in [1.29, 1.82) is 0 Å². The Morgan fingerprint density at radius 3 is 2.05 bits per heavy atom. The number of amides is 1. The van der Waals surface area contributed by atoms with Gasteiger partial charge in [0.15, 0.2) is 0 Å². The predicted molar refractivity (Wildman–Crippen MR) is 87.6 cm³/mol. The summed E-state index contributed by atoms with van der Waals surface area (Å²) in [4.78, 5) is 11.6. The van der Waals surface area contributed by atoms with Crippen LogP contribution in [0.15, 0.2) is 48.5 Å². The maximum atomic E-state index is 11.6. The Kier molecular flexibility index (Phi) is 5.03. The van der Waals surface area contributed by atoms with Crippen LogP contribution in [0.1, 0.15) is 42.5 Å². The maximum absolute atomic E-state index is 11.6. The Morgan fingerprint density at radius 2 is 1.52 bits per heavy atom. The van der Waals surface area contributed by atoms with Gasteiger partial charge < -0.3 is 5.32 Å². The summed E-state index contributed by atoms with van der Waals surface area (Å²) in [5, 5.41) is 3.78. The molecule has 0 saturated carbocycles. The predicted octanol–water partition coefficient (Wildman–Crippen LogP) is 4.63. The van der Waals surface area contributed by atoms with Crippen LogP contribution in [-0.2, 0) is 4.79 Å². The van der Waals surface area contributed by atoms with Crippen LogP contribution in [0.25, 0.3) is 0 Å². The molecule has 2 nitrogen and oxygen atoms in total. The van der Waals surface area contributed by atoms with Gasteiger partial charge in [-0.2, -0.15) is 0 Å². The molecule has 1 amide bonds. The number of rotatable bonds is 4. The molecule has 0 aliphatic heterocycles. The highest BCUT2D eigenvalue weighted by Gasteiger charge is 2.21. The molecule has 2 unspecified atom stereocenters. The third-order valence-corrected chi connectivity index (χ3v) is 3.94. The van der Waals surface area contributed by atoms with Crippen molar-refractivity contribution in [1.82, 2.24) is 5.32 Å². The monoisotopic (exact) mass is 301 g/mol. The van der Waals surface area contributed by atoms with Gasteiger partial charge in [-0.1, -0.05) is 60.5 Å². The summed E-state index contributed by atoms with van der Waals surface area (Å²) in [5.41, 5.74) is 3.47. The molecular formula is C18H20ClNO. The standard InChI is InChI=1S/C18H20ClNO/c1-12-4-6-16(7-5-12)18(20-14(3)21)13(2)15-8-10-17(19)11-9-15/h4-11,13,18H,1-3H3,(H,20,21). The molecule has 2 atom stereocenters. The lowest BCUT2D eigenvalue weighted by molar-refractivity contribution is -0.119. The zero-order chi connectivity index (χ0) is 15.4. The molecule has 0 fully saturated rings. The summed E-state index contributed by atoms with van der Waals surface area (Å²) < 4.78 is 0. The quantitative estimate of drug-likeness (QED) is 0.876. The molecule has 2 rings (SSSR count). The van der Waals surface area contributed by atoms with Crippen LogP contribution in [0.2, 0.25) is 5.02 Å². The highest BCUT2D eigenvalue weighted by Crippen LogP contribution is 2.31. The van der Waals surface area contributed by atoms with E-state index in [0.717, 1.165) is 16.1 Å². The van der Waals surface area contributed by atoms with E-state index < -0.39 is 0 Å². The highest BCUT2D eigenvalue weighted by atomic mass is 35.5. The van der Waals surface area contributed by atoms with Crippen molar-refractivity contribution in [3.05, 3.63) is 70.2 Å². The molecule has 0 bridgehead atoms. The average molecular weight is 302 g/mol. The molecule has 0 radical (unpaired) electrons. The van der Waals surface area contributed by atoms with Gasteiger partial charge in [0.25, 0.3) is 0 Å². The molecule has 21 heavy (non-hydrogen) atoms. The molecule has 2 aromatic carbocycles. The largest absolute Gasteiger partial charge is 0.349 e. The number of aryl methyl sites for hydroxylation is 1. The molecule has 0 spiro atoms. The zero-order valence-electron chi connectivity index (χ0n) is 12.6. The fraction of sp³-hybridized carbons (Fsp3) is 0.278. The van der Waals surface area contributed by atoms with Crippen molar-refractivity contribution < 1.29 is 4.79 Å². The molecule has 2 aromatic rings. The molecule has 0 aromatic heterocycles. The number of carbonyl (C=O) groups is 1. The maximum Gasteiger partial charge on any atom is 0.217 e. The molecule has 110 valence electrons. The van der Waals surface area contributed by atoms with Crippen LogP contribution < -0.4 is 5.32 Å². The van der Waals surface area contributed by atoms with Gasteiger partial charge in [-0.3, -0.25) is 4.79 Å². The van der Waals surface area contributed by atoms with Gasteiger partial charge in [0.1, 0.15) is 0 Å². The van der Waals surface area contributed by atoms with Gasteiger partial charge in [-0.15, -0.1) is 0 Å². The van der Waals surface area contributed by atoms with E-state index in [2.05, 4.69) is 43.4 Å². The minimum absolute atomic E-state index is 0.0265. The summed E-state index contributed by atoms with van der Waals surface area (Å²) in [7, 11) is 0. The third-order valence-electron chi connectivity index (χ3n) is 3.69. The van der Waals surface area contributed by atoms with Gasteiger partial charge in [-0.25, -0.2) is 0 Å². The molecule has 1 N–H and O–H groups in total. The van der Waals surface area contributed by atoms with Crippen LogP contribution in [-0.4, -0.2) is 5.91 Å². The number of carbonyl (C=O) groups excluding carboxylic acids is 1. The Labute approximate surface area is 131 Å². The van der Waals surface area contributed by atoms with Crippen LogP contribution in [0.3, 0.4) is 0 Å². The normalized spacial score (nSPS) is 13.5. The zero-order valence-corrected chi connectivity index (χ0v) is 13.3. The lowest BCUT2D eigenvalue weighted by Crippen LogP contribution is -2.29. The van der Waals surface area contributed by atoms with Crippen molar-refractivity contribution in [2.24, 2.45) is 0 Å². The van der Waals surface area contributed by atoms with Crippen LogP contribution >= 0.6 is 11.6 Å². The minimum atomic E-state index is -0.0516. The highest BCUT2D eigenvalue weighted by molar-refractivity contribution is 6.30. The molecular weight excluding hydrogens is 282 g/mol.